The van der Waals surface area contributed by atoms with E-state index in [-0.39, 0.29) is 30.2 Å². The van der Waals surface area contributed by atoms with Crippen molar-refractivity contribution >= 4 is 40.0 Å². The molecule has 0 bridgehead atoms. The van der Waals surface area contributed by atoms with E-state index in [1.807, 2.05) is 18.2 Å². The summed E-state index contributed by atoms with van der Waals surface area (Å²) in [5.41, 5.74) is 6.60. The second kappa shape index (κ2) is 8.63. The van der Waals surface area contributed by atoms with E-state index in [4.69, 9.17) is 5.73 Å². The molecule has 4 amide bonds. The van der Waals surface area contributed by atoms with Gasteiger partial charge in [-0.1, -0.05) is 18.2 Å². The number of nitrogens with one attached hydrogen (secondary N) is 2. The summed E-state index contributed by atoms with van der Waals surface area (Å²) in [7, 11) is 0. The molecule has 8 nitrogen and oxygen atoms in total. The minimum Gasteiger partial charge on any atom is -0.369 e. The average molecular weight is 387 g/mol. The van der Waals surface area contributed by atoms with Crippen LogP contribution in [-0.2, 0) is 16.0 Å². The predicted octanol–water partition coefficient (Wildman–Crippen LogP) is 2.05. The van der Waals surface area contributed by atoms with Gasteiger partial charge in [0.25, 0.3) is 0 Å². The molecule has 0 radical (unpaired) electrons. The average Bonchev–Trinajstić information content (AvgIpc) is 3.09. The fourth-order valence-corrected chi connectivity index (χ4v) is 3.61. The van der Waals surface area contributed by atoms with Crippen LogP contribution in [0.3, 0.4) is 0 Å². The molecular weight excluding hydrogens is 366 g/mol. The Morgan fingerprint density at radius 1 is 1.15 bits per heavy atom. The molecule has 142 valence electrons. The van der Waals surface area contributed by atoms with E-state index in [0.717, 1.165) is 0 Å². The summed E-state index contributed by atoms with van der Waals surface area (Å²) in [5, 5.41) is 7.56. The van der Waals surface area contributed by atoms with Crippen LogP contribution in [0.2, 0.25) is 0 Å². The quantitative estimate of drug-likeness (QED) is 0.728. The normalized spacial score (nSPS) is 14.6. The van der Waals surface area contributed by atoms with Crippen LogP contribution in [0.4, 0.5) is 15.6 Å². The number of urea groups is 1. The van der Waals surface area contributed by atoms with Crippen molar-refractivity contribution in [2.45, 2.75) is 19.3 Å². The van der Waals surface area contributed by atoms with Crippen molar-refractivity contribution in [1.29, 1.82) is 0 Å². The molecular formula is C18H21N5O3S. The molecule has 0 saturated carbocycles. The summed E-state index contributed by atoms with van der Waals surface area (Å²) in [6.07, 6.45) is 1.37. The summed E-state index contributed by atoms with van der Waals surface area (Å²) >= 11 is 1.27. The number of nitrogens with two attached hydrogens (primary N) is 1. The highest BCUT2D eigenvalue weighted by molar-refractivity contribution is 7.14. The van der Waals surface area contributed by atoms with Gasteiger partial charge in [0, 0.05) is 30.1 Å². The Kier molecular flexibility index (Phi) is 6.02. The molecule has 1 aliphatic rings. The number of carbonyl (C=O) groups is 3. The number of aromatic nitrogens is 1. The van der Waals surface area contributed by atoms with Gasteiger partial charge in [-0.3, -0.25) is 14.9 Å². The molecule has 0 aliphatic carbocycles. The zero-order valence-electron chi connectivity index (χ0n) is 14.7. The van der Waals surface area contributed by atoms with Crippen LogP contribution >= 0.6 is 11.3 Å². The Morgan fingerprint density at radius 2 is 1.85 bits per heavy atom. The number of rotatable bonds is 5. The second-order valence-electron chi connectivity index (χ2n) is 6.32. The molecule has 1 aromatic carbocycles. The fraction of sp³-hybridized carbons (Fsp3) is 0.333. The Hall–Kier alpha value is -2.94. The van der Waals surface area contributed by atoms with Gasteiger partial charge in [-0.05, 0) is 25.0 Å². The summed E-state index contributed by atoms with van der Waals surface area (Å²) < 4.78 is 0. The molecule has 1 fully saturated rings. The zero-order valence-corrected chi connectivity index (χ0v) is 15.5. The minimum absolute atomic E-state index is 0.0384. The van der Waals surface area contributed by atoms with Crippen molar-refractivity contribution in [2.24, 2.45) is 11.7 Å². The SMILES string of the molecule is NC(=O)C1CCN(C(=O)Cc2csc(NC(=O)Nc3ccccc3)n2)CC1. The lowest BCUT2D eigenvalue weighted by atomic mass is 9.96. The van der Waals surface area contributed by atoms with Gasteiger partial charge in [0.1, 0.15) is 0 Å². The lowest BCUT2D eigenvalue weighted by molar-refractivity contribution is -0.134. The third kappa shape index (κ3) is 5.27. The first-order valence-electron chi connectivity index (χ1n) is 8.66. The second-order valence-corrected chi connectivity index (χ2v) is 7.18. The van der Waals surface area contributed by atoms with E-state index in [9.17, 15) is 14.4 Å². The summed E-state index contributed by atoms with van der Waals surface area (Å²) in [4.78, 5) is 41.6. The number of likely N-dealkylation sites (tertiary alicyclic amines) is 1. The molecule has 27 heavy (non-hydrogen) atoms. The number of primary amides is 1. The number of amides is 4. The van der Waals surface area contributed by atoms with Crippen LogP contribution in [0.1, 0.15) is 18.5 Å². The van der Waals surface area contributed by atoms with Crippen LogP contribution in [0.15, 0.2) is 35.7 Å². The number of hydrogen-bond acceptors (Lipinski definition) is 5. The van der Waals surface area contributed by atoms with E-state index < -0.39 is 0 Å². The van der Waals surface area contributed by atoms with Crippen LogP contribution in [0.5, 0.6) is 0 Å². The van der Waals surface area contributed by atoms with E-state index >= 15 is 0 Å². The Labute approximate surface area is 160 Å². The van der Waals surface area contributed by atoms with Gasteiger partial charge in [0.15, 0.2) is 5.13 Å². The first-order chi connectivity index (χ1) is 13.0. The van der Waals surface area contributed by atoms with Crippen molar-refractivity contribution in [2.75, 3.05) is 23.7 Å². The summed E-state index contributed by atoms with van der Waals surface area (Å²) in [6, 6.07) is 8.70. The minimum atomic E-state index is -0.387. The van der Waals surface area contributed by atoms with Gasteiger partial charge in [-0.2, -0.15) is 0 Å². The first-order valence-corrected chi connectivity index (χ1v) is 9.54. The Balaban J connectivity index is 1.48. The van der Waals surface area contributed by atoms with Crippen LogP contribution in [0.25, 0.3) is 0 Å². The van der Waals surface area contributed by atoms with E-state index in [1.165, 1.54) is 11.3 Å². The number of piperidine rings is 1. The monoisotopic (exact) mass is 387 g/mol. The fourth-order valence-electron chi connectivity index (χ4n) is 2.91. The third-order valence-corrected chi connectivity index (χ3v) is 5.19. The highest BCUT2D eigenvalue weighted by Crippen LogP contribution is 2.20. The van der Waals surface area contributed by atoms with E-state index in [0.29, 0.717) is 42.4 Å². The molecule has 3 rings (SSSR count). The maximum absolute atomic E-state index is 12.4. The van der Waals surface area contributed by atoms with Crippen LogP contribution in [-0.4, -0.2) is 40.8 Å². The predicted molar refractivity (Wildman–Crippen MR) is 103 cm³/mol. The van der Waals surface area contributed by atoms with Crippen molar-refractivity contribution in [1.82, 2.24) is 9.88 Å². The van der Waals surface area contributed by atoms with E-state index in [2.05, 4.69) is 15.6 Å². The molecule has 0 spiro atoms. The van der Waals surface area contributed by atoms with Gasteiger partial charge in [-0.15, -0.1) is 11.3 Å². The zero-order chi connectivity index (χ0) is 19.2. The first kappa shape index (κ1) is 18.8. The molecule has 2 aromatic rings. The number of benzene rings is 1. The lowest BCUT2D eigenvalue weighted by Gasteiger charge is -2.30. The number of nitrogens with zero attached hydrogens (tertiary/aromatic N) is 2. The number of anilines is 2. The van der Waals surface area contributed by atoms with Crippen LogP contribution < -0.4 is 16.4 Å². The number of para-hydroxylation sites is 1. The van der Waals surface area contributed by atoms with Crippen LogP contribution in [0, 0.1) is 5.92 Å². The van der Waals surface area contributed by atoms with Gasteiger partial charge < -0.3 is 16.0 Å². The number of carbonyl (C=O) groups excluding carboxylic acids is 3. The molecule has 0 unspecified atom stereocenters. The highest BCUT2D eigenvalue weighted by atomic mass is 32.1. The summed E-state index contributed by atoms with van der Waals surface area (Å²) in [6.45, 7) is 1.06. The lowest BCUT2D eigenvalue weighted by Crippen LogP contribution is -2.42. The van der Waals surface area contributed by atoms with E-state index in [1.54, 1.807) is 22.4 Å². The molecule has 4 N–H and O–H groups in total. The molecule has 1 aliphatic heterocycles. The standard InChI is InChI=1S/C18H21N5O3S/c19-16(25)12-6-8-23(9-7-12)15(24)10-14-11-27-18(21-14)22-17(26)20-13-4-2-1-3-5-13/h1-5,11-12H,6-10H2,(H2,19,25)(H2,20,21,22,26). The maximum atomic E-state index is 12.4. The van der Waals surface area contributed by atoms with Gasteiger partial charge in [-0.25, -0.2) is 9.78 Å². The van der Waals surface area contributed by atoms with Gasteiger partial charge in [0.05, 0.1) is 12.1 Å². The Morgan fingerprint density at radius 3 is 2.52 bits per heavy atom. The maximum Gasteiger partial charge on any atom is 0.325 e. The van der Waals surface area contributed by atoms with Crippen molar-refractivity contribution in [3.63, 3.8) is 0 Å². The third-order valence-electron chi connectivity index (χ3n) is 4.39. The van der Waals surface area contributed by atoms with Crippen molar-refractivity contribution in [3.8, 4) is 0 Å². The molecule has 1 saturated heterocycles. The highest BCUT2D eigenvalue weighted by Gasteiger charge is 2.26. The molecule has 9 heteroatoms. The molecule has 0 atom stereocenters. The van der Waals surface area contributed by atoms with Crippen molar-refractivity contribution < 1.29 is 14.4 Å². The van der Waals surface area contributed by atoms with Crippen molar-refractivity contribution in [3.05, 3.63) is 41.4 Å². The number of thiazole rings is 1. The number of hydrogen-bond donors (Lipinski definition) is 3. The largest absolute Gasteiger partial charge is 0.369 e. The topological polar surface area (TPSA) is 117 Å². The molecule has 2 heterocycles. The molecule has 1 aromatic heterocycles. The summed E-state index contributed by atoms with van der Waals surface area (Å²) in [5.74, 6) is -0.484. The van der Waals surface area contributed by atoms with Gasteiger partial charge in [0.2, 0.25) is 11.8 Å². The smallest absolute Gasteiger partial charge is 0.325 e. The van der Waals surface area contributed by atoms with Gasteiger partial charge >= 0.3 is 6.03 Å². The Bertz CT molecular complexity index is 815.